The molecule has 0 saturated carbocycles. The highest BCUT2D eigenvalue weighted by atomic mass is 79.9. The molecule has 1 aromatic carbocycles. The van der Waals surface area contributed by atoms with Crippen molar-refractivity contribution in [2.75, 3.05) is 13.1 Å². The van der Waals surface area contributed by atoms with Gasteiger partial charge in [-0.25, -0.2) is 0 Å². The van der Waals surface area contributed by atoms with Crippen LogP contribution in [-0.4, -0.2) is 29.8 Å². The minimum atomic E-state index is -0.534. The van der Waals surface area contributed by atoms with Crippen LogP contribution >= 0.6 is 27.5 Å². The first kappa shape index (κ1) is 14.0. The lowest BCUT2D eigenvalue weighted by Gasteiger charge is -2.19. The molecule has 0 bridgehead atoms. The van der Waals surface area contributed by atoms with Crippen LogP contribution in [0.1, 0.15) is 17.3 Å². The average Bonchev–Trinajstić information content (AvgIpc) is 2.28. The van der Waals surface area contributed by atoms with Gasteiger partial charge >= 0.3 is 0 Å². The SMILES string of the molecule is CCN(CC(N)=O)C(=O)c1ccc(Cl)c(Br)c1. The molecule has 2 N–H and O–H groups in total. The number of benzene rings is 1. The van der Waals surface area contributed by atoms with E-state index in [0.717, 1.165) is 0 Å². The van der Waals surface area contributed by atoms with Crippen LogP contribution in [0.15, 0.2) is 22.7 Å². The van der Waals surface area contributed by atoms with Gasteiger partial charge in [0.15, 0.2) is 0 Å². The van der Waals surface area contributed by atoms with E-state index in [1.807, 2.05) is 0 Å². The standard InChI is InChI=1S/C11H12BrClN2O2/c1-2-15(6-10(14)16)11(17)7-3-4-9(13)8(12)5-7/h3-5H,2,6H2,1H3,(H2,14,16). The molecule has 6 heteroatoms. The number of likely N-dealkylation sites (N-methyl/N-ethyl adjacent to an activating group) is 1. The summed E-state index contributed by atoms with van der Waals surface area (Å²) in [5.41, 5.74) is 5.54. The van der Waals surface area contributed by atoms with Gasteiger partial charge in [0.05, 0.1) is 11.6 Å². The topological polar surface area (TPSA) is 63.4 Å². The van der Waals surface area contributed by atoms with Crippen molar-refractivity contribution < 1.29 is 9.59 Å². The van der Waals surface area contributed by atoms with Crippen LogP contribution in [0.25, 0.3) is 0 Å². The minimum Gasteiger partial charge on any atom is -0.368 e. The van der Waals surface area contributed by atoms with Crippen molar-refractivity contribution in [3.63, 3.8) is 0 Å². The smallest absolute Gasteiger partial charge is 0.254 e. The minimum absolute atomic E-state index is 0.0877. The zero-order chi connectivity index (χ0) is 13.0. The fourth-order valence-corrected chi connectivity index (χ4v) is 1.82. The Hall–Kier alpha value is -1.07. The second-order valence-corrected chi connectivity index (χ2v) is 4.68. The molecule has 0 saturated heterocycles. The van der Waals surface area contributed by atoms with E-state index in [9.17, 15) is 9.59 Å². The fraction of sp³-hybridized carbons (Fsp3) is 0.273. The summed E-state index contributed by atoms with van der Waals surface area (Å²) < 4.78 is 0.639. The highest BCUT2D eigenvalue weighted by Crippen LogP contribution is 2.23. The lowest BCUT2D eigenvalue weighted by molar-refractivity contribution is -0.118. The predicted octanol–water partition coefficient (Wildman–Crippen LogP) is 2.05. The Morgan fingerprint density at radius 2 is 2.12 bits per heavy atom. The number of rotatable bonds is 4. The van der Waals surface area contributed by atoms with Crippen molar-refractivity contribution in [3.05, 3.63) is 33.3 Å². The number of primary amides is 1. The van der Waals surface area contributed by atoms with Crippen LogP contribution in [0.4, 0.5) is 0 Å². The molecule has 4 nitrogen and oxygen atoms in total. The van der Waals surface area contributed by atoms with Gasteiger partial charge in [0.25, 0.3) is 5.91 Å². The van der Waals surface area contributed by atoms with Crippen LogP contribution < -0.4 is 5.73 Å². The van der Waals surface area contributed by atoms with Gasteiger partial charge in [0.2, 0.25) is 5.91 Å². The average molecular weight is 320 g/mol. The van der Waals surface area contributed by atoms with E-state index < -0.39 is 5.91 Å². The summed E-state index contributed by atoms with van der Waals surface area (Å²) in [6.45, 7) is 2.11. The maximum absolute atomic E-state index is 12.0. The van der Waals surface area contributed by atoms with Gasteiger partial charge in [-0.15, -0.1) is 0 Å². The Labute approximate surface area is 113 Å². The molecule has 92 valence electrons. The van der Waals surface area contributed by atoms with E-state index in [0.29, 0.717) is 21.6 Å². The van der Waals surface area contributed by atoms with E-state index in [4.69, 9.17) is 17.3 Å². The second kappa shape index (κ2) is 6.02. The third kappa shape index (κ3) is 3.71. The molecule has 0 spiro atoms. The maximum Gasteiger partial charge on any atom is 0.254 e. The Morgan fingerprint density at radius 1 is 1.47 bits per heavy atom. The summed E-state index contributed by atoms with van der Waals surface area (Å²) in [7, 11) is 0. The molecule has 1 aromatic rings. The molecule has 0 atom stereocenters. The molecule has 0 radical (unpaired) electrons. The highest BCUT2D eigenvalue weighted by Gasteiger charge is 2.16. The molecular weight excluding hydrogens is 307 g/mol. The maximum atomic E-state index is 12.0. The van der Waals surface area contributed by atoms with Crippen molar-refractivity contribution in [2.24, 2.45) is 5.73 Å². The van der Waals surface area contributed by atoms with E-state index in [-0.39, 0.29) is 12.5 Å². The monoisotopic (exact) mass is 318 g/mol. The van der Waals surface area contributed by atoms with Crippen LogP contribution in [0.2, 0.25) is 5.02 Å². The number of amides is 2. The first-order valence-corrected chi connectivity index (χ1v) is 6.15. The molecule has 0 aliphatic rings. The predicted molar refractivity (Wildman–Crippen MR) is 69.9 cm³/mol. The Bertz CT molecular complexity index is 451. The second-order valence-electron chi connectivity index (χ2n) is 3.41. The number of carbonyl (C=O) groups is 2. The van der Waals surface area contributed by atoms with Crippen molar-refractivity contribution >= 4 is 39.3 Å². The summed E-state index contributed by atoms with van der Waals surface area (Å²) >= 11 is 9.08. The number of nitrogens with two attached hydrogens (primary N) is 1. The van der Waals surface area contributed by atoms with Crippen molar-refractivity contribution in [2.45, 2.75) is 6.92 Å². The van der Waals surface area contributed by atoms with Gasteiger partial charge < -0.3 is 10.6 Å². The molecule has 0 aromatic heterocycles. The largest absolute Gasteiger partial charge is 0.368 e. The third-order valence-electron chi connectivity index (χ3n) is 2.18. The first-order chi connectivity index (χ1) is 7.95. The molecule has 17 heavy (non-hydrogen) atoms. The lowest BCUT2D eigenvalue weighted by Crippen LogP contribution is -2.38. The normalized spacial score (nSPS) is 10.1. The molecule has 0 heterocycles. The van der Waals surface area contributed by atoms with Crippen LogP contribution in [0.3, 0.4) is 0 Å². The van der Waals surface area contributed by atoms with E-state index >= 15 is 0 Å². The molecule has 0 unspecified atom stereocenters. The highest BCUT2D eigenvalue weighted by molar-refractivity contribution is 9.10. The van der Waals surface area contributed by atoms with Gasteiger partial charge in [-0.2, -0.15) is 0 Å². The Kier molecular flexibility index (Phi) is 4.96. The Balaban J connectivity index is 2.93. The number of nitrogens with zero attached hydrogens (tertiary/aromatic N) is 1. The first-order valence-electron chi connectivity index (χ1n) is 4.98. The van der Waals surface area contributed by atoms with E-state index in [2.05, 4.69) is 15.9 Å². The summed E-state index contributed by atoms with van der Waals surface area (Å²) in [6, 6.07) is 4.85. The van der Waals surface area contributed by atoms with E-state index in [1.165, 1.54) is 4.90 Å². The number of hydrogen-bond acceptors (Lipinski definition) is 2. The third-order valence-corrected chi connectivity index (χ3v) is 3.40. The summed E-state index contributed by atoms with van der Waals surface area (Å²) in [4.78, 5) is 24.2. The molecule has 1 rings (SSSR count). The van der Waals surface area contributed by atoms with Gasteiger partial charge in [-0.1, -0.05) is 11.6 Å². The number of halogens is 2. The van der Waals surface area contributed by atoms with Gasteiger partial charge in [0.1, 0.15) is 0 Å². The molecular formula is C11H12BrClN2O2. The van der Waals surface area contributed by atoms with Crippen LogP contribution in [-0.2, 0) is 4.79 Å². The van der Waals surface area contributed by atoms with Gasteiger partial charge in [0, 0.05) is 16.6 Å². The van der Waals surface area contributed by atoms with E-state index in [1.54, 1.807) is 25.1 Å². The Morgan fingerprint density at radius 3 is 2.59 bits per heavy atom. The summed E-state index contributed by atoms with van der Waals surface area (Å²) in [5.74, 6) is -0.781. The van der Waals surface area contributed by atoms with Crippen molar-refractivity contribution in [3.8, 4) is 0 Å². The molecule has 0 aliphatic carbocycles. The van der Waals surface area contributed by atoms with Crippen LogP contribution in [0.5, 0.6) is 0 Å². The molecule has 0 aliphatic heterocycles. The quantitative estimate of drug-likeness (QED) is 0.923. The zero-order valence-electron chi connectivity index (χ0n) is 9.24. The van der Waals surface area contributed by atoms with Crippen LogP contribution in [0, 0.1) is 0 Å². The van der Waals surface area contributed by atoms with Gasteiger partial charge in [-0.3, -0.25) is 9.59 Å². The lowest BCUT2D eigenvalue weighted by atomic mass is 10.2. The fourth-order valence-electron chi connectivity index (χ4n) is 1.33. The summed E-state index contributed by atoms with van der Waals surface area (Å²) in [5, 5.41) is 0.527. The van der Waals surface area contributed by atoms with Gasteiger partial charge in [-0.05, 0) is 41.1 Å². The molecule has 2 amide bonds. The number of carbonyl (C=O) groups excluding carboxylic acids is 2. The van der Waals surface area contributed by atoms with Crippen molar-refractivity contribution in [1.82, 2.24) is 4.90 Å². The zero-order valence-corrected chi connectivity index (χ0v) is 11.6. The number of hydrogen-bond donors (Lipinski definition) is 1. The molecule has 0 fully saturated rings. The van der Waals surface area contributed by atoms with Crippen molar-refractivity contribution in [1.29, 1.82) is 0 Å². The summed E-state index contributed by atoms with van der Waals surface area (Å²) in [6.07, 6.45) is 0.